The Bertz CT molecular complexity index is 466. The Hall–Kier alpha value is -0.980. The largest absolute Gasteiger partial charge is 0.437 e. The van der Waals surface area contributed by atoms with Crippen molar-refractivity contribution in [3.8, 4) is 0 Å². The summed E-state index contributed by atoms with van der Waals surface area (Å²) >= 11 is 0. The van der Waals surface area contributed by atoms with Crippen molar-refractivity contribution in [2.24, 2.45) is 0 Å². The van der Waals surface area contributed by atoms with Crippen LogP contribution in [0, 0.1) is 0 Å². The van der Waals surface area contributed by atoms with Crippen molar-refractivity contribution in [2.75, 3.05) is 26.1 Å². The van der Waals surface area contributed by atoms with Gasteiger partial charge in [-0.25, -0.2) is 4.79 Å². The lowest BCUT2D eigenvalue weighted by Crippen LogP contribution is -2.55. The highest BCUT2D eigenvalue weighted by Crippen LogP contribution is 2.23. The van der Waals surface area contributed by atoms with Crippen LogP contribution in [0.5, 0.6) is 0 Å². The van der Waals surface area contributed by atoms with E-state index in [4.69, 9.17) is 5.48 Å². The van der Waals surface area contributed by atoms with E-state index in [1.807, 2.05) is 0 Å². The van der Waals surface area contributed by atoms with Gasteiger partial charge in [0.15, 0.2) is 6.08 Å². The van der Waals surface area contributed by atoms with Gasteiger partial charge in [0.25, 0.3) is 0 Å². The van der Waals surface area contributed by atoms with Crippen molar-refractivity contribution in [2.45, 2.75) is 45.5 Å². The van der Waals surface area contributed by atoms with E-state index >= 15 is 0 Å². The van der Waals surface area contributed by atoms with Crippen LogP contribution in [0.2, 0.25) is 0 Å². The minimum atomic E-state index is -5.09. The van der Waals surface area contributed by atoms with Crippen LogP contribution in [-0.2, 0) is 4.74 Å². The van der Waals surface area contributed by atoms with Crippen molar-refractivity contribution >= 4 is 6.09 Å². The lowest BCUT2D eigenvalue weighted by atomic mass is 10.1. The number of amides is 1. The smallest absolute Gasteiger partial charge is 0.425 e. The van der Waals surface area contributed by atoms with Gasteiger partial charge in [0.1, 0.15) is 0 Å². The number of piperazine rings is 1. The molecule has 1 aliphatic heterocycles. The van der Waals surface area contributed by atoms with Crippen LogP contribution in [0.25, 0.3) is 0 Å². The first-order chi connectivity index (χ1) is 9.99. The van der Waals surface area contributed by atoms with Gasteiger partial charge in [-0.3, -0.25) is 4.90 Å². The third kappa shape index (κ3) is 4.56. The third-order valence-electron chi connectivity index (χ3n) is 2.60. The fourth-order valence-corrected chi connectivity index (χ4v) is 1.37. The molecule has 7 heteroatoms. The molecule has 0 N–H and O–H groups in total. The summed E-state index contributed by atoms with van der Waals surface area (Å²) in [6, 6.07) is 0. The van der Waals surface area contributed by atoms with Gasteiger partial charge in [0, 0.05) is 34.4 Å². The molecule has 0 aromatic rings. The predicted octanol–water partition coefficient (Wildman–Crippen LogP) is 2.49. The van der Waals surface area contributed by atoms with E-state index in [1.165, 1.54) is 4.90 Å². The summed E-state index contributed by atoms with van der Waals surface area (Å²) < 4.78 is 72.9. The summed E-state index contributed by atoms with van der Waals surface area (Å²) in [5.41, 5.74) is -0.630. The van der Waals surface area contributed by atoms with E-state index in [0.717, 1.165) is 0 Å². The number of halogens is 3. The fourth-order valence-electron chi connectivity index (χ4n) is 1.37. The molecule has 2 unspecified atom stereocenters. The first-order valence-electron chi connectivity index (χ1n) is 7.83. The SMILES string of the molecule is [2H]C1CN(C(C)(C)C)C([2H])([2H])CN1C(=O)OC([2H])(C)C(F)(F)F. The minimum absolute atomic E-state index is 0.188. The summed E-state index contributed by atoms with van der Waals surface area (Å²) in [5, 5.41) is 0. The van der Waals surface area contributed by atoms with Crippen LogP contribution in [0.3, 0.4) is 0 Å². The van der Waals surface area contributed by atoms with Crippen LogP contribution >= 0.6 is 0 Å². The van der Waals surface area contributed by atoms with Gasteiger partial charge >= 0.3 is 12.3 Å². The summed E-state index contributed by atoms with van der Waals surface area (Å²) in [6.07, 6.45) is -10.1. The molecule has 4 nitrogen and oxygen atoms in total. The number of carbonyl (C=O) groups excluding carboxylic acids is 1. The third-order valence-corrected chi connectivity index (χ3v) is 2.60. The molecule has 2 atom stereocenters. The fraction of sp³-hybridized carbons (Fsp3) is 0.917. The van der Waals surface area contributed by atoms with E-state index in [0.29, 0.717) is 11.8 Å². The standard InChI is InChI=1S/C12H21F3N2O2/c1-9(12(13,14)15)19-10(18)16-5-7-17(8-6-16)11(2,3)4/h9H,5-8H2,1-4H3/i5D,8D2,9D. The Morgan fingerprint density at radius 1 is 1.37 bits per heavy atom. The molecule has 0 aromatic carbocycles. The lowest BCUT2D eigenvalue weighted by molar-refractivity contribution is -0.200. The van der Waals surface area contributed by atoms with E-state index in [-0.39, 0.29) is 6.54 Å². The van der Waals surface area contributed by atoms with Crippen molar-refractivity contribution in [3.05, 3.63) is 0 Å². The maximum absolute atomic E-state index is 12.6. The van der Waals surface area contributed by atoms with Crippen LogP contribution < -0.4 is 0 Å². The maximum Gasteiger partial charge on any atom is 0.425 e. The molecule has 0 spiro atoms. The zero-order valence-electron chi connectivity index (χ0n) is 15.3. The van der Waals surface area contributed by atoms with Gasteiger partial charge in [0.05, 0.1) is 2.74 Å². The average Bonchev–Trinajstić information content (AvgIpc) is 2.27. The Balaban J connectivity index is 2.93. The lowest BCUT2D eigenvalue weighted by Gasteiger charge is -2.42. The van der Waals surface area contributed by atoms with Gasteiger partial charge in [-0.2, -0.15) is 13.2 Å². The maximum atomic E-state index is 12.6. The Kier molecular flexibility index (Phi) is 3.15. The Labute approximate surface area is 117 Å². The highest BCUT2D eigenvalue weighted by Gasteiger charge is 2.40. The summed E-state index contributed by atoms with van der Waals surface area (Å²) in [4.78, 5) is 13.8. The van der Waals surface area contributed by atoms with Gasteiger partial charge in [-0.05, 0) is 27.7 Å². The molecule has 1 rings (SSSR count). The molecule has 1 amide bonds. The second kappa shape index (κ2) is 5.56. The molecular formula is C12H21F3N2O2. The molecule has 0 aliphatic carbocycles. The van der Waals surface area contributed by atoms with Crippen molar-refractivity contribution in [1.29, 1.82) is 0 Å². The van der Waals surface area contributed by atoms with E-state index in [9.17, 15) is 18.0 Å². The van der Waals surface area contributed by atoms with Crippen molar-refractivity contribution in [1.82, 2.24) is 9.80 Å². The number of hydrogen-bond acceptors (Lipinski definition) is 3. The van der Waals surface area contributed by atoms with Crippen LogP contribution in [-0.4, -0.2) is 59.8 Å². The number of nitrogens with zero attached hydrogens (tertiary/aromatic N) is 2. The van der Waals surface area contributed by atoms with Gasteiger partial charge < -0.3 is 9.64 Å². The monoisotopic (exact) mass is 286 g/mol. The first kappa shape index (κ1) is 10.8. The number of carbonyl (C=O) groups is 1. The average molecular weight is 286 g/mol. The molecule has 0 bridgehead atoms. The molecule has 112 valence electrons. The predicted molar refractivity (Wildman–Crippen MR) is 64.9 cm³/mol. The van der Waals surface area contributed by atoms with Gasteiger partial charge in [-0.1, -0.05) is 0 Å². The summed E-state index contributed by atoms with van der Waals surface area (Å²) in [6.45, 7) is 1.43. The summed E-state index contributed by atoms with van der Waals surface area (Å²) in [7, 11) is 0. The molecule has 19 heavy (non-hydrogen) atoms. The molecule has 1 aliphatic rings. The van der Waals surface area contributed by atoms with Crippen LogP contribution in [0.1, 0.15) is 33.2 Å². The van der Waals surface area contributed by atoms with Gasteiger partial charge in [0.2, 0.25) is 0 Å². The molecule has 0 radical (unpaired) electrons. The summed E-state index contributed by atoms with van der Waals surface area (Å²) in [5.74, 6) is 0. The number of hydrogen-bond donors (Lipinski definition) is 0. The molecule has 1 heterocycles. The van der Waals surface area contributed by atoms with Crippen LogP contribution in [0.15, 0.2) is 0 Å². The zero-order valence-corrected chi connectivity index (χ0v) is 11.3. The van der Waals surface area contributed by atoms with E-state index < -0.39 is 43.5 Å². The normalized spacial score (nSPS) is 31.5. The first-order valence-corrected chi connectivity index (χ1v) is 5.75. The van der Waals surface area contributed by atoms with Crippen molar-refractivity contribution < 1.29 is 28.2 Å². The zero-order chi connectivity index (χ0) is 18.4. The number of ether oxygens (including phenoxy) is 1. The quantitative estimate of drug-likeness (QED) is 0.742. The van der Waals surface area contributed by atoms with Gasteiger partial charge in [-0.15, -0.1) is 0 Å². The highest BCUT2D eigenvalue weighted by atomic mass is 19.4. The molecular weight excluding hydrogens is 261 g/mol. The Morgan fingerprint density at radius 2 is 1.95 bits per heavy atom. The molecule has 0 aromatic heterocycles. The van der Waals surface area contributed by atoms with E-state index in [2.05, 4.69) is 4.74 Å². The second-order valence-corrected chi connectivity index (χ2v) is 5.17. The second-order valence-electron chi connectivity index (χ2n) is 5.17. The topological polar surface area (TPSA) is 32.8 Å². The molecule has 1 fully saturated rings. The highest BCUT2D eigenvalue weighted by molar-refractivity contribution is 5.68. The van der Waals surface area contributed by atoms with E-state index in [1.54, 1.807) is 20.8 Å². The van der Waals surface area contributed by atoms with Crippen LogP contribution in [0.4, 0.5) is 18.0 Å². The molecule has 1 saturated heterocycles. The number of alkyl halides is 3. The minimum Gasteiger partial charge on any atom is -0.437 e. The van der Waals surface area contributed by atoms with Crippen molar-refractivity contribution in [3.63, 3.8) is 0 Å². The molecule has 0 saturated carbocycles. The number of rotatable bonds is 1. The Morgan fingerprint density at radius 3 is 2.42 bits per heavy atom.